The van der Waals surface area contributed by atoms with Crippen molar-refractivity contribution in [1.82, 2.24) is 15.4 Å². The number of rotatable bonds is 5. The van der Waals surface area contributed by atoms with E-state index in [2.05, 4.69) is 42.1 Å². The molecule has 0 bridgehead atoms. The van der Waals surface area contributed by atoms with Crippen LogP contribution in [0.25, 0.3) is 0 Å². The van der Waals surface area contributed by atoms with E-state index < -0.39 is 5.82 Å². The number of anilines is 4. The molecule has 1 amide bonds. The van der Waals surface area contributed by atoms with E-state index in [1.165, 1.54) is 24.5 Å². The Morgan fingerprint density at radius 3 is 2.52 bits per heavy atom. The van der Waals surface area contributed by atoms with Crippen LogP contribution < -0.4 is 21.9 Å². The number of nitrogens with two attached hydrogens (primary N) is 1. The van der Waals surface area contributed by atoms with Gasteiger partial charge in [0.15, 0.2) is 11.6 Å². The number of carbonyl (C=O) groups is 1. The first kappa shape index (κ1) is 18.9. The van der Waals surface area contributed by atoms with Crippen LogP contribution in [0.1, 0.15) is 10.4 Å². The van der Waals surface area contributed by atoms with Gasteiger partial charge in [-0.3, -0.25) is 15.6 Å². The van der Waals surface area contributed by atoms with Gasteiger partial charge in [0.05, 0.1) is 5.02 Å². The van der Waals surface area contributed by atoms with Gasteiger partial charge in [0.25, 0.3) is 5.91 Å². The van der Waals surface area contributed by atoms with Crippen molar-refractivity contribution < 1.29 is 9.18 Å². The predicted molar refractivity (Wildman–Crippen MR) is 106 cm³/mol. The topological polar surface area (TPSA) is 105 Å². The van der Waals surface area contributed by atoms with Gasteiger partial charge in [-0.1, -0.05) is 27.5 Å². The Morgan fingerprint density at radius 2 is 1.81 bits per heavy atom. The van der Waals surface area contributed by atoms with Crippen LogP contribution in [0.4, 0.5) is 27.4 Å². The van der Waals surface area contributed by atoms with Crippen LogP contribution in [-0.2, 0) is 0 Å². The number of amides is 1. The zero-order valence-electron chi connectivity index (χ0n) is 13.6. The van der Waals surface area contributed by atoms with Crippen LogP contribution in [0.2, 0.25) is 5.02 Å². The molecule has 27 heavy (non-hydrogen) atoms. The smallest absolute Gasteiger partial charge is 0.269 e. The normalized spacial score (nSPS) is 10.3. The number of hydrazine groups is 1. The molecule has 0 atom stereocenters. The summed E-state index contributed by atoms with van der Waals surface area (Å²) in [6.07, 6.45) is 1.26. The van der Waals surface area contributed by atoms with Crippen LogP contribution >= 0.6 is 27.5 Å². The Hall–Kier alpha value is -2.91. The Morgan fingerprint density at radius 1 is 1.11 bits per heavy atom. The maximum atomic E-state index is 13.3. The molecule has 0 unspecified atom stereocenters. The van der Waals surface area contributed by atoms with Crippen LogP contribution in [0, 0.1) is 5.82 Å². The maximum Gasteiger partial charge on any atom is 0.269 e. The average Bonchev–Trinajstić information content (AvgIpc) is 2.66. The summed E-state index contributed by atoms with van der Waals surface area (Å²) in [6, 6.07) is 10.9. The summed E-state index contributed by atoms with van der Waals surface area (Å²) in [4.78, 5) is 20.2. The van der Waals surface area contributed by atoms with E-state index >= 15 is 0 Å². The molecule has 0 aliphatic rings. The molecule has 1 aromatic heterocycles. The molecule has 0 aliphatic carbocycles. The number of halogens is 3. The van der Waals surface area contributed by atoms with Crippen molar-refractivity contribution in [2.24, 2.45) is 0 Å². The highest BCUT2D eigenvalue weighted by atomic mass is 79.9. The lowest BCUT2D eigenvalue weighted by molar-refractivity contribution is 0.0962. The summed E-state index contributed by atoms with van der Waals surface area (Å²) < 4.78 is 14.1. The monoisotopic (exact) mass is 450 g/mol. The molecule has 5 N–H and O–H groups in total. The van der Waals surface area contributed by atoms with Crippen LogP contribution in [-0.4, -0.2) is 15.9 Å². The Balaban J connectivity index is 1.71. The van der Waals surface area contributed by atoms with Gasteiger partial charge in [-0.15, -0.1) is 0 Å². The molecule has 0 saturated heterocycles. The highest BCUT2D eigenvalue weighted by Gasteiger charge is 2.11. The fourth-order valence-corrected chi connectivity index (χ4v) is 2.54. The van der Waals surface area contributed by atoms with Crippen molar-refractivity contribution >= 4 is 56.4 Å². The number of hydrogen-bond donors (Lipinski definition) is 4. The van der Waals surface area contributed by atoms with E-state index in [1.807, 2.05) is 0 Å². The fourth-order valence-electron chi connectivity index (χ4n) is 2.09. The molecule has 3 aromatic rings. The van der Waals surface area contributed by atoms with Crippen molar-refractivity contribution in [1.29, 1.82) is 0 Å². The molecule has 1 heterocycles. The molecular formula is C17H13BrClFN6O. The third-order valence-corrected chi connectivity index (χ3v) is 4.29. The molecule has 0 spiro atoms. The maximum absolute atomic E-state index is 13.3. The van der Waals surface area contributed by atoms with E-state index in [-0.39, 0.29) is 28.3 Å². The fraction of sp³-hybridized carbons (Fsp3) is 0. The summed E-state index contributed by atoms with van der Waals surface area (Å²) in [7, 11) is 0. The second-order valence-electron chi connectivity index (χ2n) is 5.32. The van der Waals surface area contributed by atoms with Gasteiger partial charge in [-0.25, -0.2) is 14.4 Å². The quantitative estimate of drug-likeness (QED) is 0.435. The van der Waals surface area contributed by atoms with Gasteiger partial charge in [-0.2, -0.15) is 0 Å². The minimum Gasteiger partial charge on any atom is -0.393 e. The molecule has 0 saturated carbocycles. The molecule has 0 fully saturated rings. The summed E-state index contributed by atoms with van der Waals surface area (Å²) in [6.45, 7) is 0. The SMILES string of the molecule is Nc1c(NNC(=O)c2ccc(Br)cc2)ncnc1Nc1ccc(F)c(Cl)c1. The predicted octanol–water partition coefficient (Wildman–Crippen LogP) is 4.11. The molecule has 2 aromatic carbocycles. The number of benzene rings is 2. The Bertz CT molecular complexity index is 986. The first-order chi connectivity index (χ1) is 12.9. The zero-order chi connectivity index (χ0) is 19.4. The van der Waals surface area contributed by atoms with Gasteiger partial charge in [-0.05, 0) is 42.5 Å². The van der Waals surface area contributed by atoms with Crippen LogP contribution in [0.3, 0.4) is 0 Å². The van der Waals surface area contributed by atoms with E-state index in [0.717, 1.165) is 4.47 Å². The number of nitrogen functional groups attached to an aromatic ring is 1. The van der Waals surface area contributed by atoms with Crippen molar-refractivity contribution in [2.75, 3.05) is 16.5 Å². The largest absolute Gasteiger partial charge is 0.393 e. The van der Waals surface area contributed by atoms with Crippen LogP contribution in [0.5, 0.6) is 0 Å². The van der Waals surface area contributed by atoms with E-state index in [4.69, 9.17) is 17.3 Å². The van der Waals surface area contributed by atoms with E-state index in [0.29, 0.717) is 11.3 Å². The van der Waals surface area contributed by atoms with Gasteiger partial charge in [0.1, 0.15) is 17.8 Å². The van der Waals surface area contributed by atoms with Gasteiger partial charge in [0, 0.05) is 15.7 Å². The van der Waals surface area contributed by atoms with Gasteiger partial charge < -0.3 is 11.1 Å². The molecule has 10 heteroatoms. The number of hydrogen-bond acceptors (Lipinski definition) is 6. The van der Waals surface area contributed by atoms with Gasteiger partial charge >= 0.3 is 0 Å². The highest BCUT2D eigenvalue weighted by Crippen LogP contribution is 2.27. The average molecular weight is 452 g/mol. The first-order valence-electron chi connectivity index (χ1n) is 7.58. The van der Waals surface area contributed by atoms with Crippen molar-refractivity contribution in [3.63, 3.8) is 0 Å². The Kier molecular flexibility index (Phi) is 5.72. The van der Waals surface area contributed by atoms with Gasteiger partial charge in [0.2, 0.25) is 0 Å². The second kappa shape index (κ2) is 8.19. The van der Waals surface area contributed by atoms with E-state index in [9.17, 15) is 9.18 Å². The zero-order valence-corrected chi connectivity index (χ0v) is 16.0. The highest BCUT2D eigenvalue weighted by molar-refractivity contribution is 9.10. The molecule has 0 aliphatic heterocycles. The van der Waals surface area contributed by atoms with Crippen molar-refractivity contribution in [3.05, 3.63) is 69.7 Å². The van der Waals surface area contributed by atoms with Crippen molar-refractivity contribution in [3.8, 4) is 0 Å². The summed E-state index contributed by atoms with van der Waals surface area (Å²) >= 11 is 9.07. The molecule has 138 valence electrons. The minimum absolute atomic E-state index is 0.0345. The first-order valence-corrected chi connectivity index (χ1v) is 8.75. The van der Waals surface area contributed by atoms with Crippen LogP contribution in [0.15, 0.2) is 53.3 Å². The lowest BCUT2D eigenvalue weighted by atomic mass is 10.2. The summed E-state index contributed by atoms with van der Waals surface area (Å²) in [5.41, 5.74) is 12.3. The number of nitrogens with zero attached hydrogens (tertiary/aromatic N) is 2. The standard InChI is InChI=1S/C17H13BrClFN6O/c18-10-3-1-9(2-4-10)17(27)26-25-16-14(21)15(22-8-23-16)24-11-5-6-13(20)12(19)7-11/h1-8H,21H2,(H,26,27)(H2,22,23,24,25). The Labute approximate surface area is 167 Å². The number of carbonyl (C=O) groups excluding carboxylic acids is 1. The van der Waals surface area contributed by atoms with Crippen molar-refractivity contribution in [2.45, 2.75) is 0 Å². The molecule has 3 rings (SSSR count). The number of nitrogens with one attached hydrogen (secondary N) is 3. The lowest BCUT2D eigenvalue weighted by Crippen LogP contribution is -2.30. The minimum atomic E-state index is -0.532. The third-order valence-electron chi connectivity index (χ3n) is 3.47. The number of aromatic nitrogens is 2. The molecular weight excluding hydrogens is 439 g/mol. The lowest BCUT2D eigenvalue weighted by Gasteiger charge is -2.13. The second-order valence-corrected chi connectivity index (χ2v) is 6.65. The van der Waals surface area contributed by atoms with E-state index in [1.54, 1.807) is 24.3 Å². The summed E-state index contributed by atoms with van der Waals surface area (Å²) in [5.74, 6) is -0.421. The summed E-state index contributed by atoms with van der Waals surface area (Å²) in [5, 5.41) is 2.89. The molecule has 7 nitrogen and oxygen atoms in total. The third kappa shape index (κ3) is 4.63. The molecule has 0 radical (unpaired) electrons.